The van der Waals surface area contributed by atoms with E-state index >= 15 is 0 Å². The van der Waals surface area contributed by atoms with Gasteiger partial charge in [0.15, 0.2) is 0 Å². The SMILES string of the molecule is CCCC1[C@@H](CC)CC2C(=O)O[C@H](C)[C@H]2[C@H]1/C=C/c1ccc(C2=CC=CC(C)C2)cn1.[HH]. The number of rotatable bonds is 6. The molecule has 1 aliphatic heterocycles. The number of hydrogen-bond acceptors (Lipinski definition) is 3. The molecule has 0 radical (unpaired) electrons. The lowest BCUT2D eigenvalue weighted by atomic mass is 9.59. The fourth-order valence-electron chi connectivity index (χ4n) is 6.23. The van der Waals surface area contributed by atoms with Crippen LogP contribution in [0.2, 0.25) is 0 Å². The number of allylic oxidation sites excluding steroid dienone is 5. The summed E-state index contributed by atoms with van der Waals surface area (Å²) in [4.78, 5) is 17.2. The van der Waals surface area contributed by atoms with E-state index in [9.17, 15) is 4.79 Å². The highest BCUT2D eigenvalue weighted by Crippen LogP contribution is 2.51. The monoisotopic (exact) mass is 421 g/mol. The molecule has 2 heterocycles. The molecule has 2 fully saturated rings. The number of ether oxygens (including phenoxy) is 1. The van der Waals surface area contributed by atoms with Gasteiger partial charge in [0.1, 0.15) is 6.10 Å². The normalized spacial score (nSPS) is 35.2. The van der Waals surface area contributed by atoms with E-state index in [0.717, 1.165) is 25.0 Å². The van der Waals surface area contributed by atoms with Crippen LogP contribution < -0.4 is 0 Å². The van der Waals surface area contributed by atoms with E-state index in [1.165, 1.54) is 24.0 Å². The first-order valence-electron chi connectivity index (χ1n) is 12.2. The van der Waals surface area contributed by atoms with Gasteiger partial charge in [-0.3, -0.25) is 9.78 Å². The van der Waals surface area contributed by atoms with Crippen molar-refractivity contribution in [2.45, 2.75) is 65.9 Å². The third-order valence-corrected chi connectivity index (χ3v) is 7.78. The van der Waals surface area contributed by atoms with Crippen LogP contribution in [0.25, 0.3) is 11.6 Å². The number of nitrogens with zero attached hydrogens (tertiary/aromatic N) is 1. The molecule has 0 N–H and O–H groups in total. The standard InChI is InChI=1S/C28H37NO2.H2/c1-5-8-24-20(6-2)16-26-27(19(4)31-28(26)30)25(24)14-13-23-12-11-22(17-29-23)21-10-7-9-18(3)15-21;/h7,9-14,17-20,24-27H,5-6,8,15-16H2,1-4H3;1H/b14-13+;/t18?,19-,20+,24?,25+,26?,27+;/m1./s1. The molecule has 2 aliphatic carbocycles. The molecule has 0 bridgehead atoms. The molecule has 3 nitrogen and oxygen atoms in total. The first-order chi connectivity index (χ1) is 15.0. The molecule has 3 aliphatic rings. The van der Waals surface area contributed by atoms with E-state index in [-0.39, 0.29) is 19.4 Å². The number of cyclic esters (lactones) is 1. The summed E-state index contributed by atoms with van der Waals surface area (Å²) in [5.74, 6) is 2.55. The summed E-state index contributed by atoms with van der Waals surface area (Å²) in [5, 5.41) is 0. The lowest BCUT2D eigenvalue weighted by Crippen LogP contribution is -2.41. The molecule has 1 aromatic heterocycles. The van der Waals surface area contributed by atoms with Crippen molar-refractivity contribution in [2.75, 3.05) is 0 Å². The highest BCUT2D eigenvalue weighted by molar-refractivity contribution is 5.75. The van der Waals surface area contributed by atoms with Gasteiger partial charge in [-0.1, -0.05) is 64.0 Å². The maximum atomic E-state index is 12.5. The average Bonchev–Trinajstić information content (AvgIpc) is 3.06. The quantitative estimate of drug-likeness (QED) is 0.466. The molecule has 1 saturated carbocycles. The van der Waals surface area contributed by atoms with Crippen LogP contribution in [0.4, 0.5) is 0 Å². The lowest BCUT2D eigenvalue weighted by Gasteiger charge is -2.43. The van der Waals surface area contributed by atoms with Gasteiger partial charge < -0.3 is 4.74 Å². The molecule has 0 amide bonds. The third kappa shape index (κ3) is 4.56. The van der Waals surface area contributed by atoms with Crippen molar-refractivity contribution in [3.8, 4) is 0 Å². The second-order valence-electron chi connectivity index (χ2n) is 9.85. The van der Waals surface area contributed by atoms with Crippen molar-refractivity contribution in [3.05, 3.63) is 53.9 Å². The van der Waals surface area contributed by atoms with E-state index in [0.29, 0.717) is 29.6 Å². The van der Waals surface area contributed by atoms with Gasteiger partial charge in [0.25, 0.3) is 0 Å². The van der Waals surface area contributed by atoms with Crippen molar-refractivity contribution in [3.63, 3.8) is 0 Å². The summed E-state index contributed by atoms with van der Waals surface area (Å²) in [6, 6.07) is 4.32. The highest BCUT2D eigenvalue weighted by atomic mass is 16.6. The minimum atomic E-state index is 0. The zero-order valence-corrected chi connectivity index (χ0v) is 19.5. The molecule has 3 unspecified atom stereocenters. The fraction of sp³-hybridized carbons (Fsp3) is 0.571. The Morgan fingerprint density at radius 3 is 2.77 bits per heavy atom. The van der Waals surface area contributed by atoms with Crippen molar-refractivity contribution < 1.29 is 11.0 Å². The predicted octanol–water partition coefficient (Wildman–Crippen LogP) is 6.96. The summed E-state index contributed by atoms with van der Waals surface area (Å²) in [6.07, 6.45) is 18.7. The van der Waals surface area contributed by atoms with Crippen LogP contribution in [0.1, 0.15) is 72.5 Å². The van der Waals surface area contributed by atoms with Crippen molar-refractivity contribution in [1.82, 2.24) is 4.98 Å². The van der Waals surface area contributed by atoms with Crippen LogP contribution in [0, 0.1) is 35.5 Å². The molecule has 0 aromatic carbocycles. The number of carbonyl (C=O) groups is 1. The summed E-state index contributed by atoms with van der Waals surface area (Å²) < 4.78 is 5.70. The van der Waals surface area contributed by atoms with Crippen LogP contribution in [0.5, 0.6) is 0 Å². The Kier molecular flexibility index (Phi) is 6.79. The molecule has 0 spiro atoms. The lowest BCUT2D eigenvalue weighted by molar-refractivity contribution is -0.144. The zero-order valence-electron chi connectivity index (χ0n) is 19.5. The van der Waals surface area contributed by atoms with Gasteiger partial charge in [-0.25, -0.2) is 0 Å². The van der Waals surface area contributed by atoms with Gasteiger partial charge in [0.05, 0.1) is 11.6 Å². The van der Waals surface area contributed by atoms with E-state index < -0.39 is 0 Å². The Balaban J connectivity index is 0.00000289. The van der Waals surface area contributed by atoms with Gasteiger partial charge in [-0.15, -0.1) is 0 Å². The number of esters is 1. The second-order valence-corrected chi connectivity index (χ2v) is 9.85. The first kappa shape index (κ1) is 22.0. The number of aromatic nitrogens is 1. The van der Waals surface area contributed by atoms with Crippen LogP contribution in [0.15, 0.2) is 42.6 Å². The molecule has 168 valence electrons. The Morgan fingerprint density at radius 2 is 2.10 bits per heavy atom. The van der Waals surface area contributed by atoms with E-state index in [1.54, 1.807) is 0 Å². The van der Waals surface area contributed by atoms with Gasteiger partial charge in [-0.05, 0) is 73.1 Å². The maximum absolute atomic E-state index is 12.5. The second kappa shape index (κ2) is 9.54. The summed E-state index contributed by atoms with van der Waals surface area (Å²) >= 11 is 0. The minimum absolute atomic E-state index is 0. The Hall–Kier alpha value is -2.16. The van der Waals surface area contributed by atoms with Crippen molar-refractivity contribution in [2.24, 2.45) is 35.5 Å². The number of carbonyl (C=O) groups excluding carboxylic acids is 1. The van der Waals surface area contributed by atoms with Gasteiger partial charge in [0, 0.05) is 13.5 Å². The van der Waals surface area contributed by atoms with Crippen molar-refractivity contribution >= 4 is 17.6 Å². The molecule has 31 heavy (non-hydrogen) atoms. The predicted molar refractivity (Wildman–Crippen MR) is 129 cm³/mol. The minimum Gasteiger partial charge on any atom is -0.462 e. The average molecular weight is 422 g/mol. The fourth-order valence-corrected chi connectivity index (χ4v) is 6.23. The number of fused-ring (bicyclic) bond motifs is 1. The summed E-state index contributed by atoms with van der Waals surface area (Å²) in [5.41, 5.74) is 3.56. The number of pyridine rings is 1. The third-order valence-electron chi connectivity index (χ3n) is 7.78. The molecule has 3 heteroatoms. The smallest absolute Gasteiger partial charge is 0.309 e. The molecule has 7 atom stereocenters. The zero-order chi connectivity index (χ0) is 22.0. The van der Waals surface area contributed by atoms with E-state index in [2.05, 4.69) is 70.2 Å². The Morgan fingerprint density at radius 1 is 1.26 bits per heavy atom. The first-order valence-corrected chi connectivity index (χ1v) is 12.2. The maximum Gasteiger partial charge on any atom is 0.309 e. The van der Waals surface area contributed by atoms with Crippen LogP contribution >= 0.6 is 0 Å². The van der Waals surface area contributed by atoms with Gasteiger partial charge in [0.2, 0.25) is 0 Å². The molecule has 1 aromatic rings. The van der Waals surface area contributed by atoms with E-state index in [1.807, 2.05) is 6.20 Å². The molecular weight excluding hydrogens is 382 g/mol. The Bertz CT molecular complexity index is 872. The van der Waals surface area contributed by atoms with Crippen LogP contribution in [-0.4, -0.2) is 17.1 Å². The summed E-state index contributed by atoms with van der Waals surface area (Å²) in [7, 11) is 0. The van der Waals surface area contributed by atoms with Crippen LogP contribution in [-0.2, 0) is 9.53 Å². The summed E-state index contributed by atoms with van der Waals surface area (Å²) in [6.45, 7) is 8.88. The largest absolute Gasteiger partial charge is 0.462 e. The molecular formula is C28H39NO2. The Labute approximate surface area is 189 Å². The van der Waals surface area contributed by atoms with Gasteiger partial charge in [-0.2, -0.15) is 0 Å². The number of hydrogen-bond donors (Lipinski definition) is 0. The molecule has 1 saturated heterocycles. The van der Waals surface area contributed by atoms with E-state index in [4.69, 9.17) is 9.72 Å². The molecule has 4 rings (SSSR count). The highest BCUT2D eigenvalue weighted by Gasteiger charge is 2.52. The van der Waals surface area contributed by atoms with Crippen molar-refractivity contribution in [1.29, 1.82) is 0 Å². The van der Waals surface area contributed by atoms with Gasteiger partial charge >= 0.3 is 5.97 Å². The topological polar surface area (TPSA) is 39.2 Å². The van der Waals surface area contributed by atoms with Crippen LogP contribution in [0.3, 0.4) is 0 Å².